The third-order valence-electron chi connectivity index (χ3n) is 3.18. The maximum absolute atomic E-state index is 11.5. The van der Waals surface area contributed by atoms with Crippen molar-refractivity contribution in [3.05, 3.63) is 30.1 Å². The Labute approximate surface area is 123 Å². The Morgan fingerprint density at radius 3 is 2.71 bits per heavy atom. The van der Waals surface area contributed by atoms with Gasteiger partial charge in [0.1, 0.15) is 0 Å². The third kappa shape index (κ3) is 3.81. The first kappa shape index (κ1) is 15.0. The molecule has 1 aromatic heterocycles. The second-order valence-electron chi connectivity index (χ2n) is 5.26. The highest BCUT2D eigenvalue weighted by atomic mass is 16.2. The Balaban J connectivity index is 2.00. The Morgan fingerprint density at radius 1 is 1.29 bits per heavy atom. The van der Waals surface area contributed by atoms with Crippen molar-refractivity contribution in [2.24, 2.45) is 0 Å². The Morgan fingerprint density at radius 2 is 2.05 bits per heavy atom. The maximum Gasteiger partial charge on any atom is 0.239 e. The second kappa shape index (κ2) is 6.39. The molecule has 0 aliphatic carbocycles. The molecule has 0 saturated carbocycles. The van der Waals surface area contributed by atoms with Crippen molar-refractivity contribution in [2.45, 2.75) is 33.4 Å². The van der Waals surface area contributed by atoms with Gasteiger partial charge in [0, 0.05) is 19.5 Å². The van der Waals surface area contributed by atoms with E-state index in [1.54, 1.807) is 0 Å². The lowest BCUT2D eigenvalue weighted by Gasteiger charge is -2.09. The van der Waals surface area contributed by atoms with E-state index in [-0.39, 0.29) is 18.4 Å². The number of carbonyl (C=O) groups excluding carboxylic acids is 2. The summed E-state index contributed by atoms with van der Waals surface area (Å²) in [5, 5.41) is 5.22. The van der Waals surface area contributed by atoms with Crippen molar-refractivity contribution < 1.29 is 9.59 Å². The maximum atomic E-state index is 11.5. The van der Waals surface area contributed by atoms with Gasteiger partial charge >= 0.3 is 0 Å². The molecule has 2 rings (SSSR count). The van der Waals surface area contributed by atoms with E-state index in [2.05, 4.69) is 34.0 Å². The Hall–Kier alpha value is -2.37. The minimum atomic E-state index is -0.217. The lowest BCUT2D eigenvalue weighted by atomic mass is 10.2. The lowest BCUT2D eigenvalue weighted by Crippen LogP contribution is -2.35. The number of hydrogen-bond acceptors (Lipinski definition) is 3. The van der Waals surface area contributed by atoms with Crippen LogP contribution in [0.4, 0.5) is 0 Å². The van der Waals surface area contributed by atoms with Crippen LogP contribution in [-0.4, -0.2) is 27.9 Å². The summed E-state index contributed by atoms with van der Waals surface area (Å²) in [5.74, 6) is -0.427. The molecule has 0 fully saturated rings. The monoisotopic (exact) mass is 288 g/mol. The number of hydrogen-bond donors (Lipinski definition) is 2. The molecule has 0 atom stereocenters. The SMILES string of the molecule is CC(=O)NCC(=O)NCc1ccc2c(c1)ncn2C(C)C. The molecule has 2 N–H and O–H groups in total. The van der Waals surface area contributed by atoms with Crippen LogP contribution in [0, 0.1) is 0 Å². The molecule has 6 nitrogen and oxygen atoms in total. The summed E-state index contributed by atoms with van der Waals surface area (Å²) in [6.07, 6.45) is 1.83. The van der Waals surface area contributed by atoms with Crippen LogP contribution in [0.15, 0.2) is 24.5 Å². The molecule has 112 valence electrons. The number of benzene rings is 1. The average molecular weight is 288 g/mol. The van der Waals surface area contributed by atoms with Gasteiger partial charge in [-0.25, -0.2) is 4.98 Å². The van der Waals surface area contributed by atoms with Gasteiger partial charge in [-0.05, 0) is 31.5 Å². The first-order valence-electron chi connectivity index (χ1n) is 6.94. The molecule has 0 radical (unpaired) electrons. The normalized spacial score (nSPS) is 10.9. The molecule has 0 unspecified atom stereocenters. The molecule has 0 bridgehead atoms. The highest BCUT2D eigenvalue weighted by Gasteiger charge is 2.07. The molecule has 0 saturated heterocycles. The fourth-order valence-corrected chi connectivity index (χ4v) is 2.07. The zero-order valence-electron chi connectivity index (χ0n) is 12.5. The molecule has 0 aliphatic rings. The third-order valence-corrected chi connectivity index (χ3v) is 3.18. The fourth-order valence-electron chi connectivity index (χ4n) is 2.07. The van der Waals surface area contributed by atoms with Crippen molar-refractivity contribution in [2.75, 3.05) is 6.54 Å². The summed E-state index contributed by atoms with van der Waals surface area (Å²) in [7, 11) is 0. The zero-order chi connectivity index (χ0) is 15.4. The minimum absolute atomic E-state index is 0.000442. The van der Waals surface area contributed by atoms with E-state index in [0.717, 1.165) is 16.6 Å². The minimum Gasteiger partial charge on any atom is -0.350 e. The molecule has 1 aromatic carbocycles. The number of fused-ring (bicyclic) bond motifs is 1. The summed E-state index contributed by atoms with van der Waals surface area (Å²) >= 11 is 0. The van der Waals surface area contributed by atoms with E-state index in [1.807, 2.05) is 24.5 Å². The van der Waals surface area contributed by atoms with Gasteiger partial charge in [0.05, 0.1) is 23.9 Å². The molecule has 0 aliphatic heterocycles. The summed E-state index contributed by atoms with van der Waals surface area (Å²) in [6, 6.07) is 6.31. The number of carbonyl (C=O) groups is 2. The summed E-state index contributed by atoms with van der Waals surface area (Å²) in [6.45, 7) is 6.02. The van der Waals surface area contributed by atoms with Crippen LogP contribution < -0.4 is 10.6 Å². The van der Waals surface area contributed by atoms with Crippen molar-refractivity contribution in [3.8, 4) is 0 Å². The van der Waals surface area contributed by atoms with Gasteiger partial charge < -0.3 is 15.2 Å². The van der Waals surface area contributed by atoms with E-state index in [1.165, 1.54) is 6.92 Å². The number of imidazole rings is 1. The van der Waals surface area contributed by atoms with Crippen LogP contribution in [0.25, 0.3) is 11.0 Å². The van der Waals surface area contributed by atoms with Crippen molar-refractivity contribution in [1.29, 1.82) is 0 Å². The van der Waals surface area contributed by atoms with Crippen LogP contribution in [0.3, 0.4) is 0 Å². The van der Waals surface area contributed by atoms with Gasteiger partial charge in [0.2, 0.25) is 11.8 Å². The predicted octanol–water partition coefficient (Wildman–Crippen LogP) is 1.37. The van der Waals surface area contributed by atoms with Gasteiger partial charge in [-0.3, -0.25) is 9.59 Å². The summed E-state index contributed by atoms with van der Waals surface area (Å²) in [5.41, 5.74) is 2.98. The highest BCUT2D eigenvalue weighted by molar-refractivity contribution is 5.83. The van der Waals surface area contributed by atoms with E-state index in [9.17, 15) is 9.59 Å². The van der Waals surface area contributed by atoms with Gasteiger partial charge in [-0.15, -0.1) is 0 Å². The van der Waals surface area contributed by atoms with Crippen molar-refractivity contribution >= 4 is 22.8 Å². The summed E-state index contributed by atoms with van der Waals surface area (Å²) < 4.78 is 2.11. The van der Waals surface area contributed by atoms with Gasteiger partial charge in [0.15, 0.2) is 0 Å². The molecule has 1 heterocycles. The largest absolute Gasteiger partial charge is 0.350 e. The van der Waals surface area contributed by atoms with Crippen molar-refractivity contribution in [3.63, 3.8) is 0 Å². The molecule has 21 heavy (non-hydrogen) atoms. The first-order valence-corrected chi connectivity index (χ1v) is 6.94. The van der Waals surface area contributed by atoms with Crippen LogP contribution in [0.1, 0.15) is 32.4 Å². The number of amides is 2. The highest BCUT2D eigenvalue weighted by Crippen LogP contribution is 2.18. The molecular formula is C15H20N4O2. The number of aromatic nitrogens is 2. The fraction of sp³-hybridized carbons (Fsp3) is 0.400. The molecular weight excluding hydrogens is 268 g/mol. The van der Waals surface area contributed by atoms with E-state index in [0.29, 0.717) is 12.6 Å². The predicted molar refractivity (Wildman–Crippen MR) is 80.6 cm³/mol. The van der Waals surface area contributed by atoms with Crippen LogP contribution in [-0.2, 0) is 16.1 Å². The molecule has 6 heteroatoms. The zero-order valence-corrected chi connectivity index (χ0v) is 12.5. The van der Waals surface area contributed by atoms with E-state index in [4.69, 9.17) is 0 Å². The van der Waals surface area contributed by atoms with Gasteiger partial charge in [0.25, 0.3) is 0 Å². The van der Waals surface area contributed by atoms with Gasteiger partial charge in [-0.1, -0.05) is 6.07 Å². The Kier molecular flexibility index (Phi) is 4.57. The number of nitrogens with zero attached hydrogens (tertiary/aromatic N) is 2. The quantitative estimate of drug-likeness (QED) is 0.872. The lowest BCUT2D eigenvalue weighted by molar-refractivity contribution is -0.125. The number of rotatable bonds is 5. The van der Waals surface area contributed by atoms with Crippen LogP contribution in [0.5, 0.6) is 0 Å². The van der Waals surface area contributed by atoms with Crippen molar-refractivity contribution in [1.82, 2.24) is 20.2 Å². The molecule has 2 aromatic rings. The van der Waals surface area contributed by atoms with Crippen LogP contribution >= 0.6 is 0 Å². The standard InChI is InChI=1S/C15H20N4O2/c1-10(2)19-9-18-13-6-12(4-5-14(13)19)7-17-15(21)8-16-11(3)20/h4-6,9-10H,7-8H2,1-3H3,(H,16,20)(H,17,21). The summed E-state index contributed by atoms with van der Waals surface area (Å²) in [4.78, 5) is 26.6. The average Bonchev–Trinajstić information content (AvgIpc) is 2.86. The van der Waals surface area contributed by atoms with Gasteiger partial charge in [-0.2, -0.15) is 0 Å². The number of nitrogens with one attached hydrogen (secondary N) is 2. The topological polar surface area (TPSA) is 76.0 Å². The first-order chi connectivity index (χ1) is 9.97. The molecule has 2 amide bonds. The van der Waals surface area contributed by atoms with Crippen LogP contribution in [0.2, 0.25) is 0 Å². The smallest absolute Gasteiger partial charge is 0.239 e. The van der Waals surface area contributed by atoms with E-state index < -0.39 is 0 Å². The van der Waals surface area contributed by atoms with E-state index >= 15 is 0 Å². The Bertz CT molecular complexity index is 661. The molecule has 0 spiro atoms. The second-order valence-corrected chi connectivity index (χ2v) is 5.26.